The van der Waals surface area contributed by atoms with Crippen molar-refractivity contribution in [2.24, 2.45) is 5.92 Å². The van der Waals surface area contributed by atoms with Gasteiger partial charge in [0, 0.05) is 6.04 Å². The lowest BCUT2D eigenvalue weighted by atomic mass is 9.94. The number of methoxy groups -OCH3 is 1. The number of carbonyl (C=O) groups excluding carboxylic acids is 1. The van der Waals surface area contributed by atoms with Crippen molar-refractivity contribution < 1.29 is 14.6 Å². The molecule has 0 aromatic heterocycles. The van der Waals surface area contributed by atoms with Gasteiger partial charge in [-0.15, -0.1) is 0 Å². The molecule has 2 atom stereocenters. The molecule has 21 heavy (non-hydrogen) atoms. The molecule has 0 spiro atoms. The van der Waals surface area contributed by atoms with Crippen molar-refractivity contribution in [2.45, 2.75) is 46.3 Å². The Morgan fingerprint density at radius 3 is 2.57 bits per heavy atom. The van der Waals surface area contributed by atoms with E-state index in [-0.39, 0.29) is 18.4 Å². The van der Waals surface area contributed by atoms with Gasteiger partial charge in [-0.05, 0) is 37.4 Å². The van der Waals surface area contributed by atoms with Crippen molar-refractivity contribution in [1.82, 2.24) is 5.32 Å². The second-order valence-electron chi connectivity index (χ2n) is 5.99. The quantitative estimate of drug-likeness (QED) is 0.758. The van der Waals surface area contributed by atoms with E-state index in [1.54, 1.807) is 0 Å². The fraction of sp³-hybridized carbons (Fsp3) is 0.588. The Bertz CT molecular complexity index is 471. The van der Waals surface area contributed by atoms with Crippen LogP contribution in [0.5, 0.6) is 0 Å². The topological polar surface area (TPSA) is 58.6 Å². The molecule has 0 heterocycles. The minimum Gasteiger partial charge on any atom is -0.469 e. The molecule has 118 valence electrons. The summed E-state index contributed by atoms with van der Waals surface area (Å²) >= 11 is 0. The number of nitrogens with one attached hydrogen (secondary N) is 1. The minimum atomic E-state index is -0.734. The average Bonchev–Trinajstić information content (AvgIpc) is 2.44. The maximum atomic E-state index is 11.6. The van der Waals surface area contributed by atoms with Gasteiger partial charge in [-0.1, -0.05) is 37.6 Å². The number of hydrogen-bond acceptors (Lipinski definition) is 4. The van der Waals surface area contributed by atoms with Gasteiger partial charge in [0.1, 0.15) is 0 Å². The first-order valence-electron chi connectivity index (χ1n) is 7.40. The van der Waals surface area contributed by atoms with Crippen LogP contribution < -0.4 is 5.32 Å². The molecule has 0 aliphatic heterocycles. The molecule has 1 rings (SSSR count). The van der Waals surface area contributed by atoms with Crippen molar-refractivity contribution in [3.05, 3.63) is 34.9 Å². The highest BCUT2D eigenvalue weighted by atomic mass is 16.5. The number of esters is 1. The summed E-state index contributed by atoms with van der Waals surface area (Å²) in [6.07, 6.45) is -0.583. The Balaban J connectivity index is 2.94. The van der Waals surface area contributed by atoms with E-state index in [9.17, 15) is 9.90 Å². The van der Waals surface area contributed by atoms with Gasteiger partial charge in [-0.3, -0.25) is 4.79 Å². The summed E-state index contributed by atoms with van der Waals surface area (Å²) in [6.45, 7) is 8.88. The van der Waals surface area contributed by atoms with Crippen molar-refractivity contribution in [3.63, 3.8) is 0 Å². The third kappa shape index (κ3) is 5.48. The molecular formula is C17H27NO3. The van der Waals surface area contributed by atoms with Crippen LogP contribution in [0.1, 0.15) is 43.1 Å². The molecule has 0 saturated carbocycles. The second-order valence-corrected chi connectivity index (χ2v) is 5.99. The number of aliphatic hydroxyl groups is 1. The van der Waals surface area contributed by atoms with Gasteiger partial charge < -0.3 is 15.2 Å². The maximum Gasteiger partial charge on any atom is 0.307 e. The lowest BCUT2D eigenvalue weighted by molar-refractivity contribution is -0.142. The molecule has 4 heteroatoms. The highest BCUT2D eigenvalue weighted by molar-refractivity contribution is 5.70. The molecule has 0 amide bonds. The van der Waals surface area contributed by atoms with Crippen LogP contribution in [0.4, 0.5) is 0 Å². The highest BCUT2D eigenvalue weighted by Gasteiger charge is 2.25. The summed E-state index contributed by atoms with van der Waals surface area (Å²) in [5, 5.41) is 14.0. The largest absolute Gasteiger partial charge is 0.469 e. The fourth-order valence-corrected chi connectivity index (χ4v) is 2.24. The molecule has 0 aliphatic carbocycles. The number of benzene rings is 1. The Labute approximate surface area is 127 Å². The zero-order valence-corrected chi connectivity index (χ0v) is 13.6. The van der Waals surface area contributed by atoms with Crippen molar-refractivity contribution in [1.29, 1.82) is 0 Å². The molecule has 0 saturated heterocycles. The molecule has 2 unspecified atom stereocenters. The van der Waals surface area contributed by atoms with E-state index in [2.05, 4.69) is 19.2 Å². The van der Waals surface area contributed by atoms with Crippen LogP contribution in [0.15, 0.2) is 18.2 Å². The minimum absolute atomic E-state index is 0.151. The second kappa shape index (κ2) is 8.15. The molecule has 0 aliphatic rings. The summed E-state index contributed by atoms with van der Waals surface area (Å²) in [5.41, 5.74) is 2.98. The van der Waals surface area contributed by atoms with Crippen LogP contribution in [0.3, 0.4) is 0 Å². The van der Waals surface area contributed by atoms with Gasteiger partial charge in [0.15, 0.2) is 0 Å². The average molecular weight is 293 g/mol. The Morgan fingerprint density at radius 1 is 1.33 bits per heavy atom. The number of hydrogen-bond donors (Lipinski definition) is 2. The molecular weight excluding hydrogens is 266 g/mol. The zero-order valence-electron chi connectivity index (χ0n) is 13.6. The molecule has 0 bridgehead atoms. The van der Waals surface area contributed by atoms with Gasteiger partial charge in [-0.25, -0.2) is 0 Å². The highest BCUT2D eigenvalue weighted by Crippen LogP contribution is 2.24. The molecule has 1 aromatic carbocycles. The van der Waals surface area contributed by atoms with Gasteiger partial charge >= 0.3 is 5.97 Å². The lowest BCUT2D eigenvalue weighted by Gasteiger charge is -2.26. The van der Waals surface area contributed by atoms with Crippen LogP contribution in [0.25, 0.3) is 0 Å². The number of aliphatic hydroxyl groups excluding tert-OH is 1. The summed E-state index contributed by atoms with van der Waals surface area (Å²) in [4.78, 5) is 11.6. The first-order valence-corrected chi connectivity index (χ1v) is 7.40. The third-order valence-electron chi connectivity index (χ3n) is 3.54. The number of ether oxygens (including phenoxy) is 1. The number of rotatable bonds is 7. The first kappa shape index (κ1) is 17.7. The predicted molar refractivity (Wildman–Crippen MR) is 84.1 cm³/mol. The van der Waals surface area contributed by atoms with E-state index < -0.39 is 6.10 Å². The van der Waals surface area contributed by atoms with Crippen LogP contribution in [-0.2, 0) is 9.53 Å². The van der Waals surface area contributed by atoms with Gasteiger partial charge in [0.25, 0.3) is 0 Å². The smallest absolute Gasteiger partial charge is 0.307 e. The molecule has 0 fully saturated rings. The zero-order chi connectivity index (χ0) is 16.0. The SMILES string of the molecule is COC(=O)CC(NCC(C)C)C(O)c1cc(C)ccc1C. The fourth-order valence-electron chi connectivity index (χ4n) is 2.24. The maximum absolute atomic E-state index is 11.6. The summed E-state index contributed by atoms with van der Waals surface area (Å²) < 4.78 is 4.74. The molecule has 0 radical (unpaired) electrons. The van der Waals surface area contributed by atoms with E-state index >= 15 is 0 Å². The van der Waals surface area contributed by atoms with Crippen molar-refractivity contribution in [2.75, 3.05) is 13.7 Å². The third-order valence-corrected chi connectivity index (χ3v) is 3.54. The standard InChI is InChI=1S/C17H27NO3/c1-11(2)10-18-15(9-16(19)21-5)17(20)14-8-12(3)6-7-13(14)4/h6-8,11,15,17-18,20H,9-10H2,1-5H3. The predicted octanol–water partition coefficient (Wildman–Crippen LogP) is 2.51. The summed E-state index contributed by atoms with van der Waals surface area (Å²) in [5.74, 6) is 0.122. The van der Waals surface area contributed by atoms with Gasteiger partial charge in [0.05, 0.1) is 19.6 Å². The molecule has 2 N–H and O–H groups in total. The van der Waals surface area contributed by atoms with E-state index in [0.717, 1.165) is 23.2 Å². The molecule has 1 aromatic rings. The van der Waals surface area contributed by atoms with Gasteiger partial charge in [-0.2, -0.15) is 0 Å². The van der Waals surface area contributed by atoms with E-state index in [1.165, 1.54) is 7.11 Å². The van der Waals surface area contributed by atoms with E-state index in [0.29, 0.717) is 5.92 Å². The Morgan fingerprint density at radius 2 is 2.00 bits per heavy atom. The Kier molecular flexibility index (Phi) is 6.85. The summed E-state index contributed by atoms with van der Waals surface area (Å²) in [6, 6.07) is 5.63. The number of aryl methyl sites for hydroxylation is 2. The van der Waals surface area contributed by atoms with E-state index in [1.807, 2.05) is 32.0 Å². The van der Waals surface area contributed by atoms with Crippen LogP contribution in [0.2, 0.25) is 0 Å². The van der Waals surface area contributed by atoms with Crippen LogP contribution >= 0.6 is 0 Å². The van der Waals surface area contributed by atoms with E-state index in [4.69, 9.17) is 4.74 Å². The molecule has 4 nitrogen and oxygen atoms in total. The summed E-state index contributed by atoms with van der Waals surface area (Å²) in [7, 11) is 1.37. The first-order chi connectivity index (χ1) is 9.85. The van der Waals surface area contributed by atoms with Crippen LogP contribution in [-0.4, -0.2) is 30.8 Å². The van der Waals surface area contributed by atoms with Crippen molar-refractivity contribution in [3.8, 4) is 0 Å². The lowest BCUT2D eigenvalue weighted by Crippen LogP contribution is -2.39. The van der Waals surface area contributed by atoms with Gasteiger partial charge in [0.2, 0.25) is 0 Å². The number of carbonyl (C=O) groups is 1. The Hall–Kier alpha value is -1.39. The monoisotopic (exact) mass is 293 g/mol. The van der Waals surface area contributed by atoms with Crippen LogP contribution in [0, 0.1) is 19.8 Å². The van der Waals surface area contributed by atoms with Crippen molar-refractivity contribution >= 4 is 5.97 Å². The normalized spacial score (nSPS) is 14.0.